The normalized spacial score (nSPS) is 17.1. The van der Waals surface area contributed by atoms with E-state index in [1.54, 1.807) is 0 Å². The number of aromatic amines is 1. The van der Waals surface area contributed by atoms with Crippen LogP contribution in [0, 0.1) is 5.92 Å². The molecule has 1 aliphatic rings. The molecular weight excluding hydrogens is 569 g/mol. The molecule has 47 heavy (non-hydrogen) atoms. The maximum Gasteiger partial charge on any atom is 0.0783 e. The third kappa shape index (κ3) is 4.17. The summed E-state index contributed by atoms with van der Waals surface area (Å²) in [4.78, 5) is 3.78. The maximum absolute atomic E-state index is 3.78. The number of aromatic nitrogens is 2. The van der Waals surface area contributed by atoms with E-state index in [1.165, 1.54) is 83.4 Å². The van der Waals surface area contributed by atoms with Gasteiger partial charge < -0.3 is 9.55 Å². The molecule has 8 aromatic rings. The fourth-order valence-corrected chi connectivity index (χ4v) is 8.58. The summed E-state index contributed by atoms with van der Waals surface area (Å²) >= 11 is 0. The summed E-state index contributed by atoms with van der Waals surface area (Å²) in [5.74, 6) is 0.626. The molecule has 230 valence electrons. The van der Waals surface area contributed by atoms with Gasteiger partial charge in [-0.1, -0.05) is 132 Å². The van der Waals surface area contributed by atoms with Crippen LogP contribution in [0.3, 0.4) is 0 Å². The second kappa shape index (κ2) is 9.96. The molecule has 2 aromatic heterocycles. The van der Waals surface area contributed by atoms with Gasteiger partial charge in [0.2, 0.25) is 0 Å². The highest BCUT2D eigenvalue weighted by Crippen LogP contribution is 2.50. The van der Waals surface area contributed by atoms with E-state index >= 15 is 0 Å². The van der Waals surface area contributed by atoms with Gasteiger partial charge in [-0.3, -0.25) is 0 Å². The Kier molecular flexibility index (Phi) is 5.97. The molecular formula is C45H40N2. The first-order valence-corrected chi connectivity index (χ1v) is 17.0. The van der Waals surface area contributed by atoms with Gasteiger partial charge in [-0.2, -0.15) is 0 Å². The maximum atomic E-state index is 3.78. The van der Waals surface area contributed by atoms with E-state index in [0.29, 0.717) is 5.92 Å². The number of rotatable bonds is 3. The molecule has 2 nitrogen and oxygen atoms in total. The summed E-state index contributed by atoms with van der Waals surface area (Å²) in [6.07, 6.45) is 1.22. The molecule has 2 heteroatoms. The number of H-pyrrole nitrogens is 1. The first kappa shape index (κ1) is 28.2. The Morgan fingerprint density at radius 1 is 0.574 bits per heavy atom. The quantitative estimate of drug-likeness (QED) is 0.206. The minimum absolute atomic E-state index is 0.144. The van der Waals surface area contributed by atoms with Crippen molar-refractivity contribution in [2.24, 2.45) is 5.92 Å². The van der Waals surface area contributed by atoms with Gasteiger partial charge >= 0.3 is 0 Å². The first-order valence-electron chi connectivity index (χ1n) is 17.0. The van der Waals surface area contributed by atoms with Crippen LogP contribution in [-0.4, -0.2) is 9.55 Å². The van der Waals surface area contributed by atoms with E-state index in [0.717, 1.165) is 5.69 Å². The van der Waals surface area contributed by atoms with E-state index < -0.39 is 0 Å². The van der Waals surface area contributed by atoms with Crippen LogP contribution in [-0.2, 0) is 10.8 Å². The number of para-hydroxylation sites is 2. The number of nitrogens with one attached hydrogen (secondary N) is 1. The smallest absolute Gasteiger partial charge is 0.0783 e. The van der Waals surface area contributed by atoms with Crippen LogP contribution in [0.2, 0.25) is 0 Å². The van der Waals surface area contributed by atoms with Crippen molar-refractivity contribution in [3.63, 3.8) is 0 Å². The molecule has 0 bridgehead atoms. The number of hydrogen-bond donors (Lipinski definition) is 1. The lowest BCUT2D eigenvalue weighted by Gasteiger charge is -2.46. The summed E-state index contributed by atoms with van der Waals surface area (Å²) in [6.45, 7) is 12.1. The number of fused-ring (bicyclic) bond motifs is 8. The molecule has 0 fully saturated rings. The monoisotopic (exact) mass is 608 g/mol. The molecule has 0 aliphatic heterocycles. The van der Waals surface area contributed by atoms with Crippen LogP contribution < -0.4 is 0 Å². The van der Waals surface area contributed by atoms with Crippen LogP contribution in [0.25, 0.3) is 71.6 Å². The van der Waals surface area contributed by atoms with Gasteiger partial charge in [-0.05, 0) is 86.9 Å². The van der Waals surface area contributed by atoms with Crippen molar-refractivity contribution < 1.29 is 0 Å². The largest absolute Gasteiger partial charge is 0.353 e. The zero-order valence-corrected chi connectivity index (χ0v) is 27.9. The average molecular weight is 609 g/mol. The fourth-order valence-electron chi connectivity index (χ4n) is 8.58. The zero-order chi connectivity index (χ0) is 32.1. The van der Waals surface area contributed by atoms with Gasteiger partial charge in [0.05, 0.1) is 16.6 Å². The van der Waals surface area contributed by atoms with Crippen molar-refractivity contribution >= 4 is 43.6 Å². The molecule has 0 amide bonds. The van der Waals surface area contributed by atoms with Crippen LogP contribution in [0.5, 0.6) is 0 Å². The Labute approximate surface area is 276 Å². The SMILES string of the molecule is CC1CC(C)(C)c2ccc(-c3cccc(-c4cccc(-n5c6ccccc6c6ccc7c8ccccc8[nH]c7c65)c4)c3)cc2C1(C)C. The fraction of sp³-hybridized carbons (Fsp3) is 0.200. The van der Waals surface area contributed by atoms with Crippen molar-refractivity contribution in [3.05, 3.63) is 139 Å². The van der Waals surface area contributed by atoms with Crippen molar-refractivity contribution in [2.45, 2.75) is 51.9 Å². The first-order chi connectivity index (χ1) is 22.7. The van der Waals surface area contributed by atoms with E-state index in [2.05, 4.69) is 172 Å². The van der Waals surface area contributed by atoms with Crippen molar-refractivity contribution in [2.75, 3.05) is 0 Å². The molecule has 2 heterocycles. The molecule has 6 aromatic carbocycles. The van der Waals surface area contributed by atoms with Gasteiger partial charge in [0.1, 0.15) is 0 Å². The summed E-state index contributed by atoms with van der Waals surface area (Å²) in [5, 5.41) is 5.05. The highest BCUT2D eigenvalue weighted by atomic mass is 15.0. The van der Waals surface area contributed by atoms with Gasteiger partial charge in [-0.25, -0.2) is 0 Å². The zero-order valence-electron chi connectivity index (χ0n) is 27.9. The second-order valence-corrected chi connectivity index (χ2v) is 15.0. The minimum atomic E-state index is 0.144. The average Bonchev–Trinajstić information content (AvgIpc) is 3.63. The summed E-state index contributed by atoms with van der Waals surface area (Å²) in [5.41, 5.74) is 14.3. The van der Waals surface area contributed by atoms with Crippen molar-refractivity contribution in [1.82, 2.24) is 9.55 Å². The Morgan fingerprint density at radius 2 is 1.23 bits per heavy atom. The van der Waals surface area contributed by atoms with Gasteiger partial charge in [-0.15, -0.1) is 0 Å². The number of nitrogens with zero attached hydrogens (tertiary/aromatic N) is 1. The van der Waals surface area contributed by atoms with E-state index in [9.17, 15) is 0 Å². The molecule has 1 N–H and O–H groups in total. The van der Waals surface area contributed by atoms with E-state index in [-0.39, 0.29) is 10.8 Å². The van der Waals surface area contributed by atoms with Gasteiger partial charge in [0.15, 0.2) is 0 Å². The third-order valence-electron chi connectivity index (χ3n) is 11.4. The number of benzene rings is 6. The molecule has 1 aliphatic carbocycles. The molecule has 9 rings (SSSR count). The molecule has 0 saturated heterocycles. The van der Waals surface area contributed by atoms with E-state index in [4.69, 9.17) is 0 Å². The van der Waals surface area contributed by atoms with Gasteiger partial charge in [0.25, 0.3) is 0 Å². The topological polar surface area (TPSA) is 20.7 Å². The van der Waals surface area contributed by atoms with Gasteiger partial charge in [0, 0.05) is 32.7 Å². The predicted molar refractivity (Wildman–Crippen MR) is 201 cm³/mol. The van der Waals surface area contributed by atoms with Crippen molar-refractivity contribution in [3.8, 4) is 27.9 Å². The van der Waals surface area contributed by atoms with Crippen LogP contribution >= 0.6 is 0 Å². The minimum Gasteiger partial charge on any atom is -0.353 e. The standard InChI is InChI=1S/C45H40N2/c1-28-27-44(2,3)38-23-20-32(26-39(38)45(28,4)5)30-13-10-12-29(24-30)31-14-11-15-33(25-31)47-41-19-9-7-17-35(41)37-22-21-36-34-16-6-8-18-40(34)46-42(36)43(37)47/h6-26,28,46H,27H2,1-5H3. The van der Waals surface area contributed by atoms with Crippen molar-refractivity contribution in [1.29, 1.82) is 0 Å². The molecule has 1 unspecified atom stereocenters. The summed E-state index contributed by atoms with van der Waals surface area (Å²) in [6, 6.07) is 47.3. The lowest BCUT2D eigenvalue weighted by atomic mass is 9.58. The lowest BCUT2D eigenvalue weighted by molar-refractivity contribution is 0.233. The van der Waals surface area contributed by atoms with Crippen LogP contribution in [0.15, 0.2) is 127 Å². The summed E-state index contributed by atoms with van der Waals surface area (Å²) in [7, 11) is 0. The Balaban J connectivity index is 1.20. The summed E-state index contributed by atoms with van der Waals surface area (Å²) < 4.78 is 2.45. The molecule has 0 saturated carbocycles. The Hall–Kier alpha value is -5.08. The van der Waals surface area contributed by atoms with Crippen LogP contribution in [0.4, 0.5) is 0 Å². The third-order valence-corrected chi connectivity index (χ3v) is 11.4. The lowest BCUT2D eigenvalue weighted by Crippen LogP contribution is -2.40. The molecule has 1 atom stereocenters. The molecule has 0 radical (unpaired) electrons. The Morgan fingerprint density at radius 3 is 2.04 bits per heavy atom. The number of hydrogen-bond acceptors (Lipinski definition) is 0. The predicted octanol–water partition coefficient (Wildman–Crippen LogP) is 12.3. The highest BCUT2D eigenvalue weighted by molar-refractivity contribution is 6.22. The Bertz CT molecular complexity index is 2520. The highest BCUT2D eigenvalue weighted by Gasteiger charge is 2.41. The van der Waals surface area contributed by atoms with E-state index in [1.807, 2.05) is 0 Å². The molecule has 0 spiro atoms. The second-order valence-electron chi connectivity index (χ2n) is 15.0. The van der Waals surface area contributed by atoms with Crippen LogP contribution in [0.1, 0.15) is 52.2 Å².